The van der Waals surface area contributed by atoms with E-state index in [2.05, 4.69) is 20.6 Å². The normalized spacial score (nSPS) is 18.1. The van der Waals surface area contributed by atoms with Crippen LogP contribution in [0.4, 0.5) is 5.95 Å². The monoisotopic (exact) mass is 562 g/mol. The molecule has 3 atom stereocenters. The maximum atomic E-state index is 13.4. The van der Waals surface area contributed by atoms with Crippen LogP contribution in [0.1, 0.15) is 46.4 Å². The van der Waals surface area contributed by atoms with Crippen molar-refractivity contribution in [1.29, 1.82) is 0 Å². The second-order valence-electron chi connectivity index (χ2n) is 10.3. The van der Waals surface area contributed by atoms with Crippen LogP contribution in [-0.4, -0.2) is 74.9 Å². The van der Waals surface area contributed by atoms with Crippen molar-refractivity contribution in [2.75, 3.05) is 25.5 Å². The molecule has 3 aromatic rings. The Balaban J connectivity index is 1.31. The average Bonchev–Trinajstić information content (AvgIpc) is 3.44. The number of nitrogens with one attached hydrogen (secondary N) is 2. The van der Waals surface area contributed by atoms with E-state index in [1.807, 2.05) is 43.3 Å². The highest BCUT2D eigenvalue weighted by Crippen LogP contribution is 2.32. The molecule has 1 fully saturated rings. The van der Waals surface area contributed by atoms with Crippen LogP contribution >= 0.6 is 11.6 Å². The van der Waals surface area contributed by atoms with E-state index >= 15 is 0 Å². The summed E-state index contributed by atoms with van der Waals surface area (Å²) in [5.41, 5.74) is 4.18. The Morgan fingerprint density at radius 1 is 1.23 bits per heavy atom. The van der Waals surface area contributed by atoms with Gasteiger partial charge in [0.05, 0.1) is 35.6 Å². The van der Waals surface area contributed by atoms with Crippen molar-refractivity contribution < 1.29 is 19.5 Å². The van der Waals surface area contributed by atoms with Crippen LogP contribution in [0.15, 0.2) is 48.7 Å². The number of halogens is 1. The lowest BCUT2D eigenvalue weighted by Crippen LogP contribution is -2.46. The summed E-state index contributed by atoms with van der Waals surface area (Å²) in [6.45, 7) is 4.20. The molecule has 0 spiro atoms. The summed E-state index contributed by atoms with van der Waals surface area (Å²) >= 11 is 6.44. The van der Waals surface area contributed by atoms with Gasteiger partial charge in [-0.15, -0.1) is 0 Å². The maximum absolute atomic E-state index is 13.4. The molecular weight excluding hydrogens is 532 g/mol. The van der Waals surface area contributed by atoms with Crippen LogP contribution < -0.4 is 10.6 Å². The van der Waals surface area contributed by atoms with Gasteiger partial charge in [-0.3, -0.25) is 14.4 Å². The van der Waals surface area contributed by atoms with E-state index in [0.29, 0.717) is 40.8 Å². The number of carbonyl (C=O) groups excluding carboxylic acids is 3. The number of benzene rings is 2. The van der Waals surface area contributed by atoms with Crippen molar-refractivity contribution in [1.82, 2.24) is 25.1 Å². The number of hydrogen-bond acceptors (Lipinski definition) is 7. The number of aryl methyl sites for hydroxylation is 1. The highest BCUT2D eigenvalue weighted by atomic mass is 35.5. The largest absolute Gasteiger partial charge is 0.394 e. The summed E-state index contributed by atoms with van der Waals surface area (Å²) in [6.07, 6.45) is 1.85. The van der Waals surface area contributed by atoms with E-state index in [4.69, 9.17) is 11.6 Å². The zero-order valence-corrected chi connectivity index (χ0v) is 23.3. The molecule has 208 valence electrons. The predicted molar refractivity (Wildman–Crippen MR) is 151 cm³/mol. The van der Waals surface area contributed by atoms with Crippen LogP contribution in [0.25, 0.3) is 11.3 Å². The first-order valence-electron chi connectivity index (χ1n) is 13.1. The van der Waals surface area contributed by atoms with Gasteiger partial charge in [0.1, 0.15) is 6.04 Å². The fourth-order valence-electron chi connectivity index (χ4n) is 5.12. The van der Waals surface area contributed by atoms with Gasteiger partial charge in [0, 0.05) is 37.7 Å². The summed E-state index contributed by atoms with van der Waals surface area (Å²) < 4.78 is 0. The molecule has 2 aliphatic rings. The number of likely N-dealkylation sites (N-methyl/N-ethyl adjacent to an activating group) is 1. The number of aliphatic hydroxyl groups excluding tert-OH is 1. The number of aromatic nitrogens is 2. The number of anilines is 1. The second kappa shape index (κ2) is 11.2. The van der Waals surface area contributed by atoms with Crippen LogP contribution in [0, 0.1) is 6.92 Å². The van der Waals surface area contributed by atoms with Gasteiger partial charge in [0.2, 0.25) is 17.8 Å². The number of hydrogen-bond donors (Lipinski definition) is 3. The number of carbonyl (C=O) groups is 3. The molecule has 0 bridgehead atoms. The van der Waals surface area contributed by atoms with Gasteiger partial charge in [0.15, 0.2) is 0 Å². The fourth-order valence-corrected chi connectivity index (χ4v) is 5.32. The summed E-state index contributed by atoms with van der Waals surface area (Å²) in [5, 5.41) is 16.3. The minimum Gasteiger partial charge on any atom is -0.394 e. The van der Waals surface area contributed by atoms with Gasteiger partial charge in [-0.2, -0.15) is 0 Å². The van der Waals surface area contributed by atoms with Crippen molar-refractivity contribution in [2.24, 2.45) is 0 Å². The Kier molecular flexibility index (Phi) is 7.73. The molecule has 0 saturated carbocycles. The summed E-state index contributed by atoms with van der Waals surface area (Å²) in [7, 11) is 1.75. The molecule has 1 aromatic heterocycles. The molecule has 10 nitrogen and oxygen atoms in total. The highest BCUT2D eigenvalue weighted by molar-refractivity contribution is 6.33. The van der Waals surface area contributed by atoms with Crippen molar-refractivity contribution in [2.45, 2.75) is 44.9 Å². The predicted octanol–water partition coefficient (Wildman–Crippen LogP) is 2.94. The molecule has 5 rings (SSSR count). The van der Waals surface area contributed by atoms with Gasteiger partial charge in [-0.25, -0.2) is 9.97 Å². The van der Waals surface area contributed by atoms with E-state index < -0.39 is 12.1 Å². The number of likely N-dealkylation sites (tertiary alicyclic amines) is 1. The number of amides is 3. The van der Waals surface area contributed by atoms with Gasteiger partial charge >= 0.3 is 0 Å². The van der Waals surface area contributed by atoms with E-state index in [0.717, 1.165) is 16.7 Å². The van der Waals surface area contributed by atoms with Crippen LogP contribution in [0.5, 0.6) is 0 Å². The number of rotatable bonds is 8. The SMILES string of the molecule is Cc1cccc(C(CO)NC(=O)C(C)N2Cc3ccc(-c4nc(NC5CC(=O)N(C)C5)ncc4Cl)cc3C2=O)c1. The Morgan fingerprint density at radius 3 is 2.73 bits per heavy atom. The number of aliphatic hydroxyl groups is 1. The maximum Gasteiger partial charge on any atom is 0.255 e. The van der Waals surface area contributed by atoms with Gasteiger partial charge < -0.3 is 25.5 Å². The number of fused-ring (bicyclic) bond motifs is 1. The molecule has 2 aliphatic heterocycles. The fraction of sp³-hybridized carbons (Fsp3) is 0.345. The molecule has 3 unspecified atom stereocenters. The smallest absolute Gasteiger partial charge is 0.255 e. The van der Waals surface area contributed by atoms with Crippen molar-refractivity contribution in [3.8, 4) is 11.3 Å². The third-order valence-corrected chi connectivity index (χ3v) is 7.70. The second-order valence-corrected chi connectivity index (χ2v) is 10.8. The molecule has 3 amide bonds. The molecule has 0 radical (unpaired) electrons. The molecule has 1 saturated heterocycles. The van der Waals surface area contributed by atoms with E-state index in [1.54, 1.807) is 24.9 Å². The quantitative estimate of drug-likeness (QED) is 0.385. The van der Waals surface area contributed by atoms with Crippen molar-refractivity contribution in [3.63, 3.8) is 0 Å². The molecule has 11 heteroatoms. The molecule has 0 aliphatic carbocycles. The Labute approximate surface area is 237 Å². The lowest BCUT2D eigenvalue weighted by atomic mass is 10.0. The zero-order chi connectivity index (χ0) is 28.6. The van der Waals surface area contributed by atoms with Gasteiger partial charge in [-0.1, -0.05) is 53.6 Å². The van der Waals surface area contributed by atoms with E-state index in [1.165, 1.54) is 11.1 Å². The third kappa shape index (κ3) is 5.50. The average molecular weight is 563 g/mol. The lowest BCUT2D eigenvalue weighted by molar-refractivity contribution is -0.127. The molecule has 40 heavy (non-hydrogen) atoms. The Hall–Kier alpha value is -4.02. The highest BCUT2D eigenvalue weighted by Gasteiger charge is 2.35. The summed E-state index contributed by atoms with van der Waals surface area (Å²) in [4.78, 5) is 50.4. The molecule has 3 heterocycles. The van der Waals surface area contributed by atoms with Gasteiger partial charge in [0.25, 0.3) is 5.91 Å². The Morgan fingerprint density at radius 2 is 2.02 bits per heavy atom. The van der Waals surface area contributed by atoms with Crippen molar-refractivity contribution >= 4 is 35.3 Å². The first-order chi connectivity index (χ1) is 19.1. The first kappa shape index (κ1) is 27.5. The lowest BCUT2D eigenvalue weighted by Gasteiger charge is -2.26. The van der Waals surface area contributed by atoms with E-state index in [-0.39, 0.29) is 36.9 Å². The Bertz CT molecular complexity index is 1480. The molecule has 3 N–H and O–H groups in total. The van der Waals surface area contributed by atoms with Crippen LogP contribution in [-0.2, 0) is 16.1 Å². The number of nitrogens with zero attached hydrogens (tertiary/aromatic N) is 4. The summed E-state index contributed by atoms with van der Waals surface area (Å²) in [6, 6.07) is 11.5. The minimum absolute atomic E-state index is 0.0540. The first-order valence-corrected chi connectivity index (χ1v) is 13.5. The standard InChI is InChI=1S/C29H31ClN6O4/c1-16-5-4-6-18(9-16)24(15-37)33-27(39)17(2)36-13-20-8-7-19(10-22(20)28(36)40)26-23(30)12-31-29(34-26)32-21-11-25(38)35(3)14-21/h4-10,12,17,21,24,37H,11,13-15H2,1-3H3,(H,33,39)(H,31,32,34). The van der Waals surface area contributed by atoms with Crippen LogP contribution in [0.3, 0.4) is 0 Å². The van der Waals surface area contributed by atoms with Gasteiger partial charge in [-0.05, 0) is 31.0 Å². The van der Waals surface area contributed by atoms with E-state index in [9.17, 15) is 19.5 Å². The van der Waals surface area contributed by atoms with Crippen LogP contribution in [0.2, 0.25) is 5.02 Å². The minimum atomic E-state index is -0.757. The summed E-state index contributed by atoms with van der Waals surface area (Å²) in [5.74, 6) is -0.226. The molecular formula is C29H31ClN6O4. The topological polar surface area (TPSA) is 128 Å². The zero-order valence-electron chi connectivity index (χ0n) is 22.5. The van der Waals surface area contributed by atoms with Crippen molar-refractivity contribution in [3.05, 3.63) is 75.9 Å². The molecule has 2 aromatic carbocycles. The third-order valence-electron chi connectivity index (χ3n) is 7.42.